The molecule has 1 aromatic heterocycles. The molecule has 2 N–H and O–H groups in total. The predicted molar refractivity (Wildman–Crippen MR) is 132 cm³/mol. The number of ether oxygens (including phenoxy) is 3. The molecule has 0 aliphatic heterocycles. The Kier molecular flexibility index (Phi) is 8.95. The zero-order chi connectivity index (χ0) is 25.2. The van der Waals surface area contributed by atoms with Crippen molar-refractivity contribution < 1.29 is 28.2 Å². The van der Waals surface area contributed by atoms with Crippen molar-refractivity contribution in [2.24, 2.45) is 0 Å². The highest BCUT2D eigenvalue weighted by molar-refractivity contribution is 6.05. The Labute approximate surface area is 204 Å². The predicted octanol–water partition coefficient (Wildman–Crippen LogP) is 4.73. The first-order chi connectivity index (χ1) is 16.9. The highest BCUT2D eigenvalue weighted by Gasteiger charge is 2.19. The number of nitrogens with one attached hydrogen (secondary N) is 2. The van der Waals surface area contributed by atoms with Crippen LogP contribution in [0.2, 0.25) is 0 Å². The monoisotopic (exact) mass is 478 g/mol. The van der Waals surface area contributed by atoms with Crippen LogP contribution < -0.4 is 24.8 Å². The Morgan fingerprint density at radius 2 is 1.71 bits per heavy atom. The summed E-state index contributed by atoms with van der Waals surface area (Å²) in [5.74, 6) is 1.39. The summed E-state index contributed by atoms with van der Waals surface area (Å²) in [4.78, 5) is 26.0. The van der Waals surface area contributed by atoms with Crippen molar-refractivity contribution in [2.75, 3.05) is 20.3 Å². The molecule has 184 valence electrons. The van der Waals surface area contributed by atoms with Gasteiger partial charge in [0.25, 0.3) is 11.8 Å². The van der Waals surface area contributed by atoms with E-state index in [1.807, 2.05) is 39.0 Å². The first-order valence-corrected chi connectivity index (χ1v) is 11.4. The summed E-state index contributed by atoms with van der Waals surface area (Å²) in [5, 5.41) is 5.61. The zero-order valence-corrected chi connectivity index (χ0v) is 20.3. The summed E-state index contributed by atoms with van der Waals surface area (Å²) in [6, 6.07) is 15.1. The number of methoxy groups -OCH3 is 1. The Hall–Kier alpha value is -4.20. The fourth-order valence-corrected chi connectivity index (χ4v) is 3.31. The van der Waals surface area contributed by atoms with Gasteiger partial charge in [0.2, 0.25) is 0 Å². The van der Waals surface area contributed by atoms with Gasteiger partial charge in [-0.15, -0.1) is 0 Å². The molecule has 35 heavy (non-hydrogen) atoms. The van der Waals surface area contributed by atoms with Gasteiger partial charge in [-0.1, -0.05) is 6.07 Å². The van der Waals surface area contributed by atoms with Crippen LogP contribution in [0, 0.1) is 0 Å². The van der Waals surface area contributed by atoms with Crippen molar-refractivity contribution in [3.8, 4) is 17.2 Å². The molecular weight excluding hydrogens is 448 g/mol. The van der Waals surface area contributed by atoms with Crippen LogP contribution >= 0.6 is 0 Å². The molecule has 8 heteroatoms. The van der Waals surface area contributed by atoms with Crippen LogP contribution in [-0.2, 0) is 4.79 Å². The van der Waals surface area contributed by atoms with Gasteiger partial charge in [0, 0.05) is 11.6 Å². The van der Waals surface area contributed by atoms with Crippen LogP contribution in [-0.4, -0.2) is 32.1 Å². The maximum absolute atomic E-state index is 13.2. The van der Waals surface area contributed by atoms with Crippen molar-refractivity contribution >= 4 is 17.9 Å². The third kappa shape index (κ3) is 6.89. The summed E-state index contributed by atoms with van der Waals surface area (Å²) in [6.07, 6.45) is 2.97. The number of furan rings is 1. The van der Waals surface area contributed by atoms with Crippen molar-refractivity contribution in [1.82, 2.24) is 10.6 Å². The van der Waals surface area contributed by atoms with Gasteiger partial charge >= 0.3 is 0 Å². The molecule has 0 aliphatic rings. The van der Waals surface area contributed by atoms with Crippen LogP contribution in [0.15, 0.2) is 71.0 Å². The quantitative estimate of drug-likeness (QED) is 0.387. The lowest BCUT2D eigenvalue weighted by atomic mass is 10.1. The second-order valence-electron chi connectivity index (χ2n) is 7.52. The lowest BCUT2D eigenvalue weighted by molar-refractivity contribution is -0.118. The van der Waals surface area contributed by atoms with Crippen LogP contribution in [0.3, 0.4) is 0 Å². The molecule has 0 bridgehead atoms. The number of hydrogen-bond donors (Lipinski definition) is 2. The van der Waals surface area contributed by atoms with E-state index in [1.54, 1.807) is 43.5 Å². The Morgan fingerprint density at radius 3 is 2.34 bits per heavy atom. The molecular formula is C27H30N2O6. The second-order valence-corrected chi connectivity index (χ2v) is 7.52. The largest absolute Gasteiger partial charge is 0.497 e. The lowest BCUT2D eigenvalue weighted by Crippen LogP contribution is -2.36. The number of rotatable bonds is 11. The van der Waals surface area contributed by atoms with E-state index in [-0.39, 0.29) is 11.7 Å². The topological polar surface area (TPSA) is 99.0 Å². The van der Waals surface area contributed by atoms with E-state index >= 15 is 0 Å². The van der Waals surface area contributed by atoms with Crippen molar-refractivity contribution in [2.45, 2.75) is 26.8 Å². The number of carbonyl (C=O) groups is 2. The molecule has 1 heterocycles. The van der Waals surface area contributed by atoms with Crippen LogP contribution in [0.5, 0.6) is 17.2 Å². The molecule has 0 fully saturated rings. The third-order valence-corrected chi connectivity index (χ3v) is 5.09. The highest BCUT2D eigenvalue weighted by Crippen LogP contribution is 2.30. The third-order valence-electron chi connectivity index (χ3n) is 5.09. The minimum atomic E-state index is -0.470. The molecule has 0 spiro atoms. The minimum Gasteiger partial charge on any atom is -0.497 e. The van der Waals surface area contributed by atoms with E-state index in [9.17, 15) is 9.59 Å². The van der Waals surface area contributed by atoms with Crippen LogP contribution in [0.1, 0.15) is 48.5 Å². The SMILES string of the molecule is CCOc1ccc([C@H](C)NC(=O)/C(=C/c2ccco2)NC(=O)c2ccc(OC)cc2)cc1OCC. The molecule has 0 unspecified atom stereocenters. The normalized spacial score (nSPS) is 11.9. The van der Waals surface area contributed by atoms with E-state index in [0.29, 0.717) is 41.8 Å². The summed E-state index contributed by atoms with van der Waals surface area (Å²) in [6.45, 7) is 6.64. The van der Waals surface area contributed by atoms with E-state index in [4.69, 9.17) is 18.6 Å². The number of amides is 2. The average Bonchev–Trinajstić information content (AvgIpc) is 3.38. The average molecular weight is 479 g/mol. The molecule has 0 radical (unpaired) electrons. The van der Waals surface area contributed by atoms with Crippen molar-refractivity contribution in [1.29, 1.82) is 0 Å². The highest BCUT2D eigenvalue weighted by atomic mass is 16.5. The molecule has 0 saturated carbocycles. The Bertz CT molecular complexity index is 1150. The van der Waals surface area contributed by atoms with Gasteiger partial charge in [-0.05, 0) is 74.9 Å². The number of carbonyl (C=O) groups excluding carboxylic acids is 2. The van der Waals surface area contributed by atoms with Gasteiger partial charge in [0.15, 0.2) is 11.5 Å². The standard InChI is InChI=1S/C27H30N2O6/c1-5-33-24-14-11-20(16-25(24)34-6-2)18(3)28-27(31)23(17-22-8-7-15-35-22)29-26(30)19-9-12-21(32-4)13-10-19/h7-18H,5-6H2,1-4H3,(H,28,31)(H,29,30)/b23-17-/t18-/m0/s1. The summed E-state index contributed by atoms with van der Waals surface area (Å²) in [5.41, 5.74) is 1.25. The molecule has 0 saturated heterocycles. The second kappa shape index (κ2) is 12.3. The smallest absolute Gasteiger partial charge is 0.268 e. The van der Waals surface area contributed by atoms with E-state index in [1.165, 1.54) is 12.3 Å². The van der Waals surface area contributed by atoms with E-state index < -0.39 is 11.8 Å². The Balaban J connectivity index is 1.80. The minimum absolute atomic E-state index is 0.0450. The summed E-state index contributed by atoms with van der Waals surface area (Å²) < 4.78 is 21.8. The number of benzene rings is 2. The zero-order valence-electron chi connectivity index (χ0n) is 20.3. The van der Waals surface area contributed by atoms with Crippen LogP contribution in [0.25, 0.3) is 6.08 Å². The molecule has 3 rings (SSSR count). The fourth-order valence-electron chi connectivity index (χ4n) is 3.31. The van der Waals surface area contributed by atoms with E-state index in [0.717, 1.165) is 5.56 Å². The molecule has 0 aliphatic carbocycles. The lowest BCUT2D eigenvalue weighted by Gasteiger charge is -2.19. The van der Waals surface area contributed by atoms with Gasteiger partial charge in [0.1, 0.15) is 17.2 Å². The maximum Gasteiger partial charge on any atom is 0.268 e. The van der Waals surface area contributed by atoms with E-state index in [2.05, 4.69) is 10.6 Å². The van der Waals surface area contributed by atoms with Gasteiger partial charge in [-0.25, -0.2) is 0 Å². The van der Waals surface area contributed by atoms with Gasteiger partial charge in [-0.2, -0.15) is 0 Å². The number of hydrogen-bond acceptors (Lipinski definition) is 6. The van der Waals surface area contributed by atoms with Crippen molar-refractivity contribution in [3.05, 3.63) is 83.4 Å². The van der Waals surface area contributed by atoms with Crippen molar-refractivity contribution in [3.63, 3.8) is 0 Å². The molecule has 8 nitrogen and oxygen atoms in total. The summed E-state index contributed by atoms with van der Waals surface area (Å²) in [7, 11) is 1.55. The molecule has 2 amide bonds. The Morgan fingerprint density at radius 1 is 1.00 bits per heavy atom. The van der Waals surface area contributed by atoms with Crippen LogP contribution in [0.4, 0.5) is 0 Å². The first kappa shape index (κ1) is 25.4. The van der Waals surface area contributed by atoms with Gasteiger partial charge in [0.05, 0.1) is 32.6 Å². The molecule has 2 aromatic carbocycles. The summed E-state index contributed by atoms with van der Waals surface area (Å²) >= 11 is 0. The fraction of sp³-hybridized carbons (Fsp3) is 0.259. The first-order valence-electron chi connectivity index (χ1n) is 11.4. The van der Waals surface area contributed by atoms with Gasteiger partial charge in [-0.3, -0.25) is 9.59 Å². The maximum atomic E-state index is 13.2. The molecule has 1 atom stereocenters. The van der Waals surface area contributed by atoms with Gasteiger partial charge < -0.3 is 29.3 Å². The molecule has 3 aromatic rings.